The summed E-state index contributed by atoms with van der Waals surface area (Å²) in [6, 6.07) is 5.62. The normalized spacial score (nSPS) is 18.9. The van der Waals surface area contributed by atoms with Crippen LogP contribution in [0.2, 0.25) is 0 Å². The summed E-state index contributed by atoms with van der Waals surface area (Å²) in [4.78, 5) is 20.3. The number of rotatable bonds is 5. The van der Waals surface area contributed by atoms with Crippen molar-refractivity contribution in [1.29, 1.82) is 0 Å². The van der Waals surface area contributed by atoms with Gasteiger partial charge in [0.25, 0.3) is 5.91 Å². The fraction of sp³-hybridized carbons (Fsp3) is 0.364. The first kappa shape index (κ1) is 22.7. The molecule has 0 saturated carbocycles. The molecular weight excluding hydrogens is 440 g/mol. The first-order valence-corrected chi connectivity index (χ1v) is 10.5. The van der Waals surface area contributed by atoms with E-state index in [0.717, 1.165) is 12.3 Å². The Hall–Kier alpha value is -3.50. The van der Waals surface area contributed by atoms with Gasteiger partial charge in [0.2, 0.25) is 0 Å². The summed E-state index contributed by atoms with van der Waals surface area (Å²) in [6.45, 7) is 2.39. The van der Waals surface area contributed by atoms with Crippen LogP contribution in [0.15, 0.2) is 48.9 Å². The number of benzene rings is 1. The zero-order chi connectivity index (χ0) is 23.6. The van der Waals surface area contributed by atoms with Crippen LogP contribution in [0.25, 0.3) is 5.69 Å². The van der Waals surface area contributed by atoms with Crippen molar-refractivity contribution in [3.63, 3.8) is 0 Å². The number of anilines is 1. The molecule has 174 valence electrons. The number of hydrogen-bond acceptors (Lipinski definition) is 5. The molecule has 0 radical (unpaired) electrons. The number of likely N-dealkylation sites (tertiary alicyclic amines) is 1. The summed E-state index contributed by atoms with van der Waals surface area (Å²) < 4.78 is 52.5. The second-order valence-corrected chi connectivity index (χ2v) is 7.78. The molecule has 7 nitrogen and oxygen atoms in total. The first-order valence-electron chi connectivity index (χ1n) is 10.5. The predicted octanol–water partition coefficient (Wildman–Crippen LogP) is 4.32. The zero-order valence-corrected chi connectivity index (χ0v) is 17.8. The van der Waals surface area contributed by atoms with Gasteiger partial charge in [-0.1, -0.05) is 6.92 Å². The molecule has 2 unspecified atom stereocenters. The number of nitrogens with one attached hydrogen (secondary N) is 1. The molecular formula is C22H22F4N6O. The van der Waals surface area contributed by atoms with E-state index in [1.54, 1.807) is 4.90 Å². The molecule has 0 aliphatic carbocycles. The predicted molar refractivity (Wildman–Crippen MR) is 112 cm³/mol. The van der Waals surface area contributed by atoms with Crippen molar-refractivity contribution in [3.8, 4) is 5.69 Å². The van der Waals surface area contributed by atoms with Gasteiger partial charge in [-0.15, -0.1) is 0 Å². The first-order chi connectivity index (χ1) is 15.8. The molecule has 0 bridgehead atoms. The van der Waals surface area contributed by atoms with E-state index in [2.05, 4.69) is 20.5 Å². The number of carbonyl (C=O) groups excluding carboxylic acids is 1. The minimum Gasteiger partial charge on any atom is -0.365 e. The summed E-state index contributed by atoms with van der Waals surface area (Å²) in [5.41, 5.74) is -0.329. The van der Waals surface area contributed by atoms with Crippen molar-refractivity contribution < 1.29 is 22.4 Å². The Morgan fingerprint density at radius 1 is 1.18 bits per heavy atom. The zero-order valence-electron chi connectivity index (χ0n) is 17.8. The molecule has 1 aliphatic heterocycles. The molecule has 4 rings (SSSR count). The van der Waals surface area contributed by atoms with E-state index in [4.69, 9.17) is 0 Å². The van der Waals surface area contributed by atoms with Gasteiger partial charge in [0, 0.05) is 18.8 Å². The standard InChI is InChI=1S/C22H22F4N6O/c1-2-18-17(30-20-8-5-14(13-27-20)22(24,25)26)4-3-11-31(18)21(33)16-12-15(23)6-7-19(16)32-28-9-10-29-32/h5-10,12-13,17-18H,2-4,11H2,1H3,(H,27,30). The van der Waals surface area contributed by atoms with Crippen LogP contribution in [-0.2, 0) is 6.18 Å². The van der Waals surface area contributed by atoms with Gasteiger partial charge < -0.3 is 10.2 Å². The molecule has 1 amide bonds. The number of nitrogens with zero attached hydrogens (tertiary/aromatic N) is 5. The number of aromatic nitrogens is 4. The fourth-order valence-corrected chi connectivity index (χ4v) is 4.17. The summed E-state index contributed by atoms with van der Waals surface area (Å²) in [5.74, 6) is -0.614. The van der Waals surface area contributed by atoms with Gasteiger partial charge in [-0.2, -0.15) is 28.2 Å². The van der Waals surface area contributed by atoms with E-state index in [1.807, 2.05) is 6.92 Å². The van der Waals surface area contributed by atoms with Gasteiger partial charge in [-0.3, -0.25) is 4.79 Å². The van der Waals surface area contributed by atoms with Gasteiger partial charge >= 0.3 is 6.18 Å². The highest BCUT2D eigenvalue weighted by atomic mass is 19.4. The molecule has 1 aromatic carbocycles. The Labute approximate surface area is 187 Å². The van der Waals surface area contributed by atoms with Crippen LogP contribution in [0.4, 0.5) is 23.4 Å². The molecule has 3 heterocycles. The molecule has 1 aliphatic rings. The molecule has 1 fully saturated rings. The number of amides is 1. The largest absolute Gasteiger partial charge is 0.417 e. The van der Waals surface area contributed by atoms with E-state index < -0.39 is 17.6 Å². The van der Waals surface area contributed by atoms with Gasteiger partial charge in [0.15, 0.2) is 0 Å². The third-order valence-electron chi connectivity index (χ3n) is 5.71. The summed E-state index contributed by atoms with van der Waals surface area (Å²) in [7, 11) is 0. The number of hydrogen-bond donors (Lipinski definition) is 1. The number of carbonyl (C=O) groups is 1. The van der Waals surface area contributed by atoms with Crippen molar-refractivity contribution in [2.45, 2.75) is 44.4 Å². The van der Waals surface area contributed by atoms with Crippen molar-refractivity contribution in [2.75, 3.05) is 11.9 Å². The average Bonchev–Trinajstić information content (AvgIpc) is 3.33. The number of pyridine rings is 1. The van der Waals surface area contributed by atoms with Crippen LogP contribution in [0, 0.1) is 5.82 Å². The van der Waals surface area contributed by atoms with Crippen LogP contribution in [0.3, 0.4) is 0 Å². The van der Waals surface area contributed by atoms with Gasteiger partial charge in [-0.05, 0) is 49.6 Å². The Kier molecular flexibility index (Phi) is 6.30. The number of halogens is 4. The summed E-state index contributed by atoms with van der Waals surface area (Å²) in [5, 5.41) is 11.3. The fourth-order valence-electron chi connectivity index (χ4n) is 4.17. The molecule has 3 aromatic rings. The Morgan fingerprint density at radius 3 is 2.58 bits per heavy atom. The lowest BCUT2D eigenvalue weighted by atomic mass is 9.93. The van der Waals surface area contributed by atoms with Crippen molar-refractivity contribution >= 4 is 11.7 Å². The van der Waals surface area contributed by atoms with E-state index in [0.29, 0.717) is 37.3 Å². The van der Waals surface area contributed by atoms with E-state index in [9.17, 15) is 22.4 Å². The maximum Gasteiger partial charge on any atom is 0.417 e. The van der Waals surface area contributed by atoms with Crippen LogP contribution in [0.5, 0.6) is 0 Å². The third-order valence-corrected chi connectivity index (χ3v) is 5.71. The van der Waals surface area contributed by atoms with E-state index in [1.165, 1.54) is 41.5 Å². The average molecular weight is 462 g/mol. The van der Waals surface area contributed by atoms with Crippen LogP contribution in [0.1, 0.15) is 42.1 Å². The summed E-state index contributed by atoms with van der Waals surface area (Å²) in [6.07, 6.45) is 1.22. The maximum atomic E-state index is 14.1. The van der Waals surface area contributed by atoms with Crippen LogP contribution in [-0.4, -0.2) is 49.4 Å². The highest BCUT2D eigenvalue weighted by molar-refractivity contribution is 5.98. The Balaban J connectivity index is 1.58. The van der Waals surface area contributed by atoms with Crippen molar-refractivity contribution in [3.05, 3.63) is 65.9 Å². The molecule has 2 aromatic heterocycles. The highest BCUT2D eigenvalue weighted by Gasteiger charge is 2.35. The number of alkyl halides is 3. The van der Waals surface area contributed by atoms with Gasteiger partial charge in [0.1, 0.15) is 11.6 Å². The highest BCUT2D eigenvalue weighted by Crippen LogP contribution is 2.30. The second kappa shape index (κ2) is 9.16. The third kappa shape index (κ3) is 4.81. The SMILES string of the molecule is CCC1C(Nc2ccc(C(F)(F)F)cn2)CCCN1C(=O)c1cc(F)ccc1-n1nccn1. The van der Waals surface area contributed by atoms with Gasteiger partial charge in [-0.25, -0.2) is 9.37 Å². The minimum atomic E-state index is -4.46. The van der Waals surface area contributed by atoms with Crippen molar-refractivity contribution in [2.24, 2.45) is 0 Å². The maximum absolute atomic E-state index is 14.1. The molecule has 0 spiro atoms. The van der Waals surface area contributed by atoms with Crippen molar-refractivity contribution in [1.82, 2.24) is 24.9 Å². The van der Waals surface area contributed by atoms with E-state index >= 15 is 0 Å². The lowest BCUT2D eigenvalue weighted by Gasteiger charge is -2.41. The second-order valence-electron chi connectivity index (χ2n) is 7.78. The van der Waals surface area contributed by atoms with Crippen LogP contribution >= 0.6 is 0 Å². The van der Waals surface area contributed by atoms with Gasteiger partial charge in [0.05, 0.1) is 35.2 Å². The molecule has 11 heteroatoms. The lowest BCUT2D eigenvalue weighted by Crippen LogP contribution is -2.53. The quantitative estimate of drug-likeness (QED) is 0.572. The Morgan fingerprint density at radius 2 is 1.94 bits per heavy atom. The minimum absolute atomic E-state index is 0.137. The smallest absolute Gasteiger partial charge is 0.365 e. The lowest BCUT2D eigenvalue weighted by molar-refractivity contribution is -0.137. The monoisotopic (exact) mass is 462 g/mol. The Bertz CT molecular complexity index is 1100. The topological polar surface area (TPSA) is 75.9 Å². The molecule has 2 atom stereocenters. The summed E-state index contributed by atoms with van der Waals surface area (Å²) >= 11 is 0. The molecule has 33 heavy (non-hydrogen) atoms. The molecule has 1 saturated heterocycles. The molecule has 1 N–H and O–H groups in total. The van der Waals surface area contributed by atoms with E-state index in [-0.39, 0.29) is 23.6 Å². The van der Waals surface area contributed by atoms with Crippen LogP contribution < -0.4 is 5.32 Å². The number of piperidine rings is 1.